The van der Waals surface area contributed by atoms with E-state index in [1.54, 1.807) is 0 Å². The molecule has 1 heterocycles. The number of rotatable bonds is 2. The van der Waals surface area contributed by atoms with Gasteiger partial charge in [0.1, 0.15) is 12.2 Å². The molecule has 1 aromatic carbocycles. The molecule has 1 unspecified atom stereocenters. The molecule has 0 aromatic heterocycles. The van der Waals surface area contributed by atoms with E-state index in [2.05, 4.69) is 23.4 Å². The monoisotopic (exact) mass is 215 g/mol. The number of aliphatic hydroxyl groups excluding tert-OH is 1. The second-order valence-electron chi connectivity index (χ2n) is 4.46. The smallest absolute Gasteiger partial charge is 0.164 e. The largest absolute Gasteiger partial charge is 0.393 e. The van der Waals surface area contributed by atoms with Crippen LogP contribution in [-0.2, 0) is 0 Å². The van der Waals surface area contributed by atoms with Crippen molar-refractivity contribution in [3.63, 3.8) is 0 Å². The van der Waals surface area contributed by atoms with E-state index in [4.69, 9.17) is 0 Å². The molecule has 1 fully saturated rings. The summed E-state index contributed by atoms with van der Waals surface area (Å²) >= 11 is 0. The SMILES string of the molecule is O[C@H]1C[C@@H]([N+]2(c3ccccc3)C=CC=N2)C1. The molecular formula is C13H15N2O+. The Bertz CT molecular complexity index is 421. The molecule has 1 saturated carbocycles. The van der Waals surface area contributed by atoms with Crippen molar-refractivity contribution in [1.82, 2.24) is 4.59 Å². The molecule has 2 aliphatic rings. The zero-order valence-corrected chi connectivity index (χ0v) is 9.03. The van der Waals surface area contributed by atoms with Crippen LogP contribution in [-0.4, -0.2) is 23.5 Å². The number of benzene rings is 1. The summed E-state index contributed by atoms with van der Waals surface area (Å²) in [5.41, 5.74) is 1.17. The van der Waals surface area contributed by atoms with Crippen LogP contribution in [0.2, 0.25) is 0 Å². The third-order valence-corrected chi connectivity index (χ3v) is 3.47. The summed E-state index contributed by atoms with van der Waals surface area (Å²) in [6.07, 6.45) is 7.45. The Morgan fingerprint density at radius 2 is 1.94 bits per heavy atom. The first-order valence-electron chi connectivity index (χ1n) is 5.67. The van der Waals surface area contributed by atoms with Gasteiger partial charge in [-0.25, -0.2) is 0 Å². The zero-order chi connectivity index (χ0) is 11.0. The lowest BCUT2D eigenvalue weighted by atomic mass is 9.87. The summed E-state index contributed by atoms with van der Waals surface area (Å²) in [7, 11) is 0. The van der Waals surface area contributed by atoms with Gasteiger partial charge in [-0.05, 0) is 0 Å². The van der Waals surface area contributed by atoms with Crippen LogP contribution < -0.4 is 4.59 Å². The van der Waals surface area contributed by atoms with Gasteiger partial charge in [0.05, 0.1) is 12.3 Å². The topological polar surface area (TPSA) is 32.6 Å². The van der Waals surface area contributed by atoms with Gasteiger partial charge in [0.2, 0.25) is 0 Å². The average Bonchev–Trinajstić information content (AvgIpc) is 2.76. The maximum atomic E-state index is 9.45. The van der Waals surface area contributed by atoms with Gasteiger partial charge in [0, 0.05) is 31.1 Å². The second kappa shape index (κ2) is 3.54. The minimum Gasteiger partial charge on any atom is -0.393 e. The summed E-state index contributed by atoms with van der Waals surface area (Å²) in [6, 6.07) is 10.7. The number of allylic oxidation sites excluding steroid dienone is 1. The molecule has 3 heteroatoms. The van der Waals surface area contributed by atoms with E-state index in [9.17, 15) is 5.11 Å². The van der Waals surface area contributed by atoms with Crippen molar-refractivity contribution in [2.45, 2.75) is 25.0 Å². The quantitative estimate of drug-likeness (QED) is 0.752. The molecule has 3 rings (SSSR count). The van der Waals surface area contributed by atoms with Gasteiger partial charge in [-0.1, -0.05) is 23.3 Å². The highest BCUT2D eigenvalue weighted by Crippen LogP contribution is 2.39. The molecule has 0 spiro atoms. The highest BCUT2D eigenvalue weighted by Gasteiger charge is 2.47. The fraction of sp³-hybridized carbons (Fsp3) is 0.308. The first-order valence-corrected chi connectivity index (χ1v) is 5.67. The van der Waals surface area contributed by atoms with Crippen molar-refractivity contribution in [2.75, 3.05) is 0 Å². The molecule has 1 aliphatic carbocycles. The van der Waals surface area contributed by atoms with Crippen molar-refractivity contribution in [3.05, 3.63) is 42.6 Å². The van der Waals surface area contributed by atoms with Crippen LogP contribution in [0.5, 0.6) is 0 Å². The van der Waals surface area contributed by atoms with Gasteiger partial charge in [-0.3, -0.25) is 0 Å². The fourth-order valence-corrected chi connectivity index (χ4v) is 2.48. The van der Waals surface area contributed by atoms with Crippen LogP contribution in [0.1, 0.15) is 12.8 Å². The number of aliphatic hydroxyl groups is 1. The molecule has 0 amide bonds. The Hall–Kier alpha value is -1.45. The Balaban J connectivity index is 1.98. The number of nitrogens with zero attached hydrogens (tertiary/aromatic N) is 2. The lowest BCUT2D eigenvalue weighted by Crippen LogP contribution is -2.55. The summed E-state index contributed by atoms with van der Waals surface area (Å²) in [4.78, 5) is 0. The lowest BCUT2D eigenvalue weighted by Gasteiger charge is -2.41. The second-order valence-corrected chi connectivity index (χ2v) is 4.46. The Morgan fingerprint density at radius 3 is 2.50 bits per heavy atom. The minimum absolute atomic E-state index is 0.145. The van der Waals surface area contributed by atoms with E-state index < -0.39 is 0 Å². The minimum atomic E-state index is -0.145. The number of hydrogen-bond acceptors (Lipinski definition) is 2. The Kier molecular flexibility index (Phi) is 2.16. The first kappa shape index (κ1) is 9.75. The maximum absolute atomic E-state index is 9.45. The predicted molar refractivity (Wildman–Crippen MR) is 64.9 cm³/mol. The van der Waals surface area contributed by atoms with Gasteiger partial charge in [-0.15, -0.1) is 4.59 Å². The first-order chi connectivity index (χ1) is 7.81. The summed E-state index contributed by atoms with van der Waals surface area (Å²) in [6.45, 7) is 0. The van der Waals surface area contributed by atoms with Crippen molar-refractivity contribution in [3.8, 4) is 0 Å². The van der Waals surface area contributed by atoms with E-state index in [1.807, 2.05) is 30.5 Å². The van der Waals surface area contributed by atoms with Crippen LogP contribution in [0.15, 0.2) is 47.7 Å². The van der Waals surface area contributed by atoms with Crippen LogP contribution in [0, 0.1) is 0 Å². The van der Waals surface area contributed by atoms with Gasteiger partial charge < -0.3 is 5.11 Å². The van der Waals surface area contributed by atoms with Gasteiger partial charge in [0.25, 0.3) is 0 Å². The van der Waals surface area contributed by atoms with Crippen molar-refractivity contribution in [1.29, 1.82) is 0 Å². The molecule has 0 bridgehead atoms. The molecule has 0 radical (unpaired) electrons. The van der Waals surface area contributed by atoms with Gasteiger partial charge >= 0.3 is 0 Å². The fourth-order valence-electron chi connectivity index (χ4n) is 2.48. The molecule has 1 aliphatic heterocycles. The standard InChI is InChI=1S/C13H15N2O/c16-13-9-12(10-13)15(8-4-7-14-15)11-5-2-1-3-6-11/h1-8,12-13,16H,9-10H2/q+1/t12-,13+,15?. The maximum Gasteiger partial charge on any atom is 0.164 e. The number of quaternary nitrogens is 1. The van der Waals surface area contributed by atoms with Crippen LogP contribution in [0.25, 0.3) is 0 Å². The highest BCUT2D eigenvalue weighted by molar-refractivity contribution is 5.76. The summed E-state index contributed by atoms with van der Waals surface area (Å²) in [5, 5.41) is 14.0. The van der Waals surface area contributed by atoms with E-state index in [0.717, 1.165) is 12.8 Å². The molecule has 1 aromatic rings. The normalized spacial score (nSPS) is 36.3. The highest BCUT2D eigenvalue weighted by atomic mass is 16.3. The Morgan fingerprint density at radius 1 is 1.19 bits per heavy atom. The predicted octanol–water partition coefficient (Wildman–Crippen LogP) is 2.03. The van der Waals surface area contributed by atoms with E-state index in [1.165, 1.54) is 5.69 Å². The zero-order valence-electron chi connectivity index (χ0n) is 9.03. The third kappa shape index (κ3) is 1.32. The van der Waals surface area contributed by atoms with Gasteiger partial charge in [-0.2, -0.15) is 0 Å². The molecule has 1 N–H and O–H groups in total. The van der Waals surface area contributed by atoms with Gasteiger partial charge in [0.15, 0.2) is 5.69 Å². The molecule has 16 heavy (non-hydrogen) atoms. The molecular weight excluding hydrogens is 200 g/mol. The molecule has 82 valence electrons. The molecule has 1 atom stereocenters. The molecule has 3 nitrogen and oxygen atoms in total. The number of hydrogen-bond donors (Lipinski definition) is 1. The van der Waals surface area contributed by atoms with E-state index in [0.29, 0.717) is 10.6 Å². The van der Waals surface area contributed by atoms with Crippen molar-refractivity contribution in [2.24, 2.45) is 5.10 Å². The summed E-state index contributed by atoms with van der Waals surface area (Å²) in [5.74, 6) is 0. The average molecular weight is 215 g/mol. The third-order valence-electron chi connectivity index (χ3n) is 3.47. The van der Waals surface area contributed by atoms with E-state index in [-0.39, 0.29) is 6.10 Å². The molecule has 0 saturated heterocycles. The summed E-state index contributed by atoms with van der Waals surface area (Å²) < 4.78 is 0.526. The van der Waals surface area contributed by atoms with Crippen LogP contribution >= 0.6 is 0 Å². The van der Waals surface area contributed by atoms with Crippen molar-refractivity contribution < 1.29 is 5.11 Å². The number of para-hydroxylation sites is 1. The van der Waals surface area contributed by atoms with Crippen molar-refractivity contribution >= 4 is 11.9 Å². The lowest BCUT2D eigenvalue weighted by molar-refractivity contribution is 0.0245. The van der Waals surface area contributed by atoms with E-state index >= 15 is 0 Å². The Labute approximate surface area is 94.9 Å². The van der Waals surface area contributed by atoms with Crippen LogP contribution in [0.3, 0.4) is 0 Å². The van der Waals surface area contributed by atoms with Crippen LogP contribution in [0.4, 0.5) is 5.69 Å².